The van der Waals surface area contributed by atoms with Crippen molar-refractivity contribution in [2.24, 2.45) is 0 Å². The molecule has 0 bridgehead atoms. The van der Waals surface area contributed by atoms with Gasteiger partial charge < -0.3 is 0 Å². The van der Waals surface area contributed by atoms with E-state index in [2.05, 4.69) is 4.98 Å². The number of imide groups is 2. The van der Waals surface area contributed by atoms with Gasteiger partial charge >= 0.3 is 17.8 Å². The van der Waals surface area contributed by atoms with Gasteiger partial charge in [0.25, 0.3) is 0 Å². The van der Waals surface area contributed by atoms with Crippen molar-refractivity contribution in [2.75, 3.05) is 4.90 Å². The Kier molecular flexibility index (Phi) is 3.58. The van der Waals surface area contributed by atoms with Crippen LogP contribution in [0.5, 0.6) is 0 Å². The number of carbonyl (C=O) groups is 3. The van der Waals surface area contributed by atoms with Gasteiger partial charge in [-0.15, -0.1) is 11.3 Å². The van der Waals surface area contributed by atoms with Crippen LogP contribution >= 0.6 is 11.3 Å². The van der Waals surface area contributed by atoms with Crippen LogP contribution in [0.15, 0.2) is 48.5 Å². The summed E-state index contributed by atoms with van der Waals surface area (Å²) in [6.45, 7) is 1.90. The third-order valence-corrected chi connectivity index (χ3v) is 5.00. The second kappa shape index (κ2) is 5.78. The molecule has 1 saturated heterocycles. The molecule has 6 nitrogen and oxygen atoms in total. The van der Waals surface area contributed by atoms with E-state index in [9.17, 15) is 14.4 Å². The Morgan fingerprint density at radius 1 is 0.960 bits per heavy atom. The number of nitrogens with zero attached hydrogens (tertiary/aromatic N) is 3. The Bertz CT molecular complexity index is 977. The summed E-state index contributed by atoms with van der Waals surface area (Å²) in [5, 5.41) is 0.612. The number of para-hydroxylation sites is 1. The zero-order valence-corrected chi connectivity index (χ0v) is 14.1. The van der Waals surface area contributed by atoms with Crippen LogP contribution in [0.3, 0.4) is 0 Å². The molecule has 0 atom stereocenters. The minimum absolute atomic E-state index is 0.00881. The van der Waals surface area contributed by atoms with Crippen molar-refractivity contribution in [3.63, 3.8) is 0 Å². The predicted octanol–water partition coefficient (Wildman–Crippen LogP) is 3.10. The first kappa shape index (κ1) is 15.5. The van der Waals surface area contributed by atoms with E-state index < -0.39 is 17.8 Å². The second-order valence-corrected chi connectivity index (χ2v) is 6.84. The molecule has 1 aliphatic rings. The molecule has 7 heteroatoms. The predicted molar refractivity (Wildman–Crippen MR) is 94.2 cm³/mol. The molecule has 1 aromatic heterocycles. The van der Waals surface area contributed by atoms with Gasteiger partial charge in [0.05, 0.1) is 22.4 Å². The summed E-state index contributed by atoms with van der Waals surface area (Å²) in [6, 6.07) is 13.8. The number of anilines is 1. The summed E-state index contributed by atoms with van der Waals surface area (Å²) in [7, 11) is 0. The normalized spacial score (nSPS) is 14.8. The molecule has 124 valence electrons. The highest BCUT2D eigenvalue weighted by Crippen LogP contribution is 2.27. The topological polar surface area (TPSA) is 70.6 Å². The largest absolute Gasteiger partial charge is 0.339 e. The van der Waals surface area contributed by atoms with E-state index in [1.807, 2.05) is 31.2 Å². The van der Waals surface area contributed by atoms with Gasteiger partial charge in [0.1, 0.15) is 5.01 Å². The number of fused-ring (bicyclic) bond motifs is 1. The average Bonchev–Trinajstić information content (AvgIpc) is 3.11. The van der Waals surface area contributed by atoms with Gasteiger partial charge in [-0.25, -0.2) is 19.6 Å². The zero-order valence-electron chi connectivity index (χ0n) is 13.3. The third-order valence-electron chi connectivity index (χ3n) is 3.98. The molecule has 0 aliphatic carbocycles. The van der Waals surface area contributed by atoms with Gasteiger partial charge in [0.15, 0.2) is 0 Å². The monoisotopic (exact) mass is 351 g/mol. The first-order chi connectivity index (χ1) is 12.0. The molecule has 0 saturated carbocycles. The number of rotatable bonds is 3. The molecule has 25 heavy (non-hydrogen) atoms. The number of aromatic nitrogens is 1. The number of thiazole rings is 1. The maximum Gasteiger partial charge on any atom is 0.339 e. The quantitative estimate of drug-likeness (QED) is 0.537. The van der Waals surface area contributed by atoms with Crippen molar-refractivity contribution in [3.05, 3.63) is 59.1 Å². The number of hydrogen-bond donors (Lipinski definition) is 0. The van der Waals surface area contributed by atoms with Crippen molar-refractivity contribution < 1.29 is 14.4 Å². The Hall–Kier alpha value is -3.06. The fraction of sp³-hybridized carbons (Fsp3) is 0.111. The molecule has 0 radical (unpaired) electrons. The standard InChI is InChI=1S/C18H13N3O3S/c1-11-6-8-12(9-7-11)21-17(23)16(22)20(18(21)24)10-15-19-13-4-2-3-5-14(13)25-15/h2-9H,10H2,1H3. The van der Waals surface area contributed by atoms with E-state index in [1.54, 1.807) is 24.3 Å². The molecule has 0 spiro atoms. The summed E-state index contributed by atoms with van der Waals surface area (Å²) in [4.78, 5) is 43.4. The highest BCUT2D eigenvalue weighted by Gasteiger charge is 2.45. The minimum Gasteiger partial charge on any atom is -0.263 e. The Morgan fingerprint density at radius 3 is 2.40 bits per heavy atom. The molecule has 4 amide bonds. The second-order valence-electron chi connectivity index (χ2n) is 5.73. The van der Waals surface area contributed by atoms with Gasteiger partial charge in [-0.05, 0) is 31.2 Å². The van der Waals surface area contributed by atoms with Crippen molar-refractivity contribution >= 4 is 45.1 Å². The number of urea groups is 1. The molecule has 2 aromatic carbocycles. The van der Waals surface area contributed by atoms with Crippen LogP contribution in [0, 0.1) is 6.92 Å². The maximum atomic E-state index is 12.6. The minimum atomic E-state index is -0.838. The van der Waals surface area contributed by atoms with E-state index in [1.165, 1.54) is 11.3 Å². The van der Waals surface area contributed by atoms with Gasteiger partial charge in [0, 0.05) is 0 Å². The number of amides is 4. The first-order valence-corrected chi connectivity index (χ1v) is 8.47. The fourth-order valence-electron chi connectivity index (χ4n) is 2.69. The van der Waals surface area contributed by atoms with Crippen molar-refractivity contribution in [1.82, 2.24) is 9.88 Å². The van der Waals surface area contributed by atoms with Crippen molar-refractivity contribution in [1.29, 1.82) is 0 Å². The van der Waals surface area contributed by atoms with Crippen LogP contribution in [-0.2, 0) is 16.1 Å². The molecule has 0 unspecified atom stereocenters. The maximum absolute atomic E-state index is 12.6. The van der Waals surface area contributed by atoms with E-state index in [-0.39, 0.29) is 6.54 Å². The molecule has 3 aromatic rings. The first-order valence-electron chi connectivity index (χ1n) is 7.65. The highest BCUT2D eigenvalue weighted by atomic mass is 32.1. The smallest absolute Gasteiger partial charge is 0.263 e. The summed E-state index contributed by atoms with van der Waals surface area (Å²) < 4.78 is 0.971. The molecule has 1 fully saturated rings. The van der Waals surface area contributed by atoms with Gasteiger partial charge in [-0.2, -0.15) is 0 Å². The van der Waals surface area contributed by atoms with Crippen LogP contribution in [-0.4, -0.2) is 27.7 Å². The lowest BCUT2D eigenvalue weighted by Crippen LogP contribution is -2.33. The Morgan fingerprint density at radius 2 is 1.68 bits per heavy atom. The molecular weight excluding hydrogens is 338 g/mol. The molecular formula is C18H13N3O3S. The van der Waals surface area contributed by atoms with Gasteiger partial charge in [-0.1, -0.05) is 29.8 Å². The van der Waals surface area contributed by atoms with Crippen LogP contribution in [0.1, 0.15) is 10.6 Å². The van der Waals surface area contributed by atoms with Crippen LogP contribution < -0.4 is 4.90 Å². The van der Waals surface area contributed by atoms with E-state index in [4.69, 9.17) is 0 Å². The van der Waals surface area contributed by atoms with Gasteiger partial charge in [-0.3, -0.25) is 9.59 Å². The number of hydrogen-bond acceptors (Lipinski definition) is 5. The lowest BCUT2D eigenvalue weighted by molar-refractivity contribution is -0.139. The molecule has 0 N–H and O–H groups in total. The Labute approximate surface area is 147 Å². The SMILES string of the molecule is Cc1ccc(N2C(=O)C(=O)N(Cc3nc4ccccc4s3)C2=O)cc1. The van der Waals surface area contributed by atoms with E-state index in [0.29, 0.717) is 10.7 Å². The van der Waals surface area contributed by atoms with E-state index >= 15 is 0 Å². The highest BCUT2D eigenvalue weighted by molar-refractivity contribution is 7.18. The number of carbonyl (C=O) groups excluding carboxylic acids is 3. The van der Waals surface area contributed by atoms with Crippen LogP contribution in [0.2, 0.25) is 0 Å². The van der Waals surface area contributed by atoms with E-state index in [0.717, 1.165) is 25.6 Å². The Balaban J connectivity index is 1.64. The van der Waals surface area contributed by atoms with Crippen LogP contribution in [0.25, 0.3) is 10.2 Å². The molecule has 1 aliphatic heterocycles. The zero-order chi connectivity index (χ0) is 17.6. The van der Waals surface area contributed by atoms with Crippen molar-refractivity contribution in [2.45, 2.75) is 13.5 Å². The summed E-state index contributed by atoms with van der Waals surface area (Å²) in [5.41, 5.74) is 2.20. The third kappa shape index (κ3) is 2.58. The number of aryl methyl sites for hydroxylation is 1. The number of benzene rings is 2. The lowest BCUT2D eigenvalue weighted by Gasteiger charge is -2.14. The van der Waals surface area contributed by atoms with Crippen LogP contribution in [0.4, 0.5) is 10.5 Å². The van der Waals surface area contributed by atoms with Crippen molar-refractivity contribution in [3.8, 4) is 0 Å². The summed E-state index contributed by atoms with van der Waals surface area (Å²) >= 11 is 1.40. The lowest BCUT2D eigenvalue weighted by atomic mass is 10.2. The average molecular weight is 351 g/mol. The summed E-state index contributed by atoms with van der Waals surface area (Å²) in [6.07, 6.45) is 0. The fourth-order valence-corrected chi connectivity index (χ4v) is 3.65. The molecule has 2 heterocycles. The summed E-state index contributed by atoms with van der Waals surface area (Å²) in [5.74, 6) is -1.67. The molecule has 4 rings (SSSR count). The van der Waals surface area contributed by atoms with Gasteiger partial charge in [0.2, 0.25) is 0 Å².